The summed E-state index contributed by atoms with van der Waals surface area (Å²) < 4.78 is 30.8. The number of benzene rings is 4. The summed E-state index contributed by atoms with van der Waals surface area (Å²) >= 11 is 0. The van der Waals surface area contributed by atoms with Gasteiger partial charge in [-0.3, -0.25) is 9.13 Å². The van der Waals surface area contributed by atoms with E-state index in [1.54, 1.807) is 31.5 Å². The predicted octanol–water partition coefficient (Wildman–Crippen LogP) is 6.12. The number of rotatable bonds is 15. The molecule has 0 bridgehead atoms. The van der Waals surface area contributed by atoms with Crippen LogP contribution in [0, 0.1) is 0 Å². The number of anilines is 1. The first-order chi connectivity index (χ1) is 22.3. The van der Waals surface area contributed by atoms with E-state index in [1.807, 2.05) is 103 Å². The smallest absolute Gasteiger partial charge is 0.349 e. The minimum absolute atomic E-state index is 0.00577. The zero-order chi connectivity index (χ0) is 32.4. The fourth-order valence-corrected chi connectivity index (χ4v) is 6.77. The first-order valence-corrected chi connectivity index (χ1v) is 16.9. The van der Waals surface area contributed by atoms with Gasteiger partial charge < -0.3 is 24.4 Å². The SMILES string of the molecule is COC[C@H](Cn1ccc(NC(c2ccccc2)(c2ccccc2)c2ccc(OC)cc2)nc1=O)OCP(=O)(O)Cc1ccccc1. The molecular weight excluding hydrogens is 601 g/mol. The van der Waals surface area contributed by atoms with Gasteiger partial charge in [0.05, 0.1) is 32.5 Å². The molecule has 0 saturated heterocycles. The molecule has 0 radical (unpaired) electrons. The van der Waals surface area contributed by atoms with Crippen LogP contribution in [-0.4, -0.2) is 47.7 Å². The summed E-state index contributed by atoms with van der Waals surface area (Å²) in [6.45, 7) is 0.215. The summed E-state index contributed by atoms with van der Waals surface area (Å²) in [5, 5.41) is 3.60. The molecule has 46 heavy (non-hydrogen) atoms. The largest absolute Gasteiger partial charge is 0.497 e. The lowest BCUT2D eigenvalue weighted by Gasteiger charge is -2.37. The van der Waals surface area contributed by atoms with Crippen LogP contribution >= 0.6 is 7.37 Å². The van der Waals surface area contributed by atoms with Crippen LogP contribution in [0.4, 0.5) is 5.82 Å². The second-order valence-electron chi connectivity index (χ2n) is 10.9. The van der Waals surface area contributed by atoms with Gasteiger partial charge in [-0.05, 0) is 40.5 Å². The van der Waals surface area contributed by atoms with Gasteiger partial charge in [0.1, 0.15) is 23.5 Å². The number of hydrogen-bond acceptors (Lipinski definition) is 7. The van der Waals surface area contributed by atoms with Crippen LogP contribution in [-0.2, 0) is 32.3 Å². The summed E-state index contributed by atoms with van der Waals surface area (Å²) in [4.78, 5) is 28.4. The van der Waals surface area contributed by atoms with Gasteiger partial charge >= 0.3 is 5.69 Å². The van der Waals surface area contributed by atoms with Crippen LogP contribution in [0.1, 0.15) is 22.3 Å². The minimum Gasteiger partial charge on any atom is -0.497 e. The molecule has 1 aromatic heterocycles. The Hall–Kier alpha value is -4.53. The van der Waals surface area contributed by atoms with E-state index in [4.69, 9.17) is 14.2 Å². The molecule has 9 nitrogen and oxygen atoms in total. The molecule has 4 aromatic carbocycles. The number of nitrogens with one attached hydrogen (secondary N) is 1. The van der Waals surface area contributed by atoms with E-state index in [2.05, 4.69) is 10.3 Å². The Balaban J connectivity index is 1.42. The summed E-state index contributed by atoms with van der Waals surface area (Å²) in [6.07, 6.45) is 0.623. The van der Waals surface area contributed by atoms with Crippen molar-refractivity contribution in [1.29, 1.82) is 0 Å². The lowest BCUT2D eigenvalue weighted by Crippen LogP contribution is -2.39. The Morgan fingerprint density at radius 3 is 1.93 bits per heavy atom. The van der Waals surface area contributed by atoms with Crippen LogP contribution in [0.2, 0.25) is 0 Å². The van der Waals surface area contributed by atoms with Crippen molar-refractivity contribution in [2.75, 3.05) is 32.5 Å². The van der Waals surface area contributed by atoms with Crippen LogP contribution in [0.3, 0.4) is 0 Å². The summed E-state index contributed by atoms with van der Waals surface area (Å²) in [6, 6.07) is 38.6. The number of methoxy groups -OCH3 is 2. The van der Waals surface area contributed by atoms with Crippen molar-refractivity contribution in [3.8, 4) is 5.75 Å². The molecule has 0 aliphatic rings. The van der Waals surface area contributed by atoms with Gasteiger partial charge in [-0.25, -0.2) is 4.79 Å². The number of aromatic nitrogens is 2. The van der Waals surface area contributed by atoms with Crippen molar-refractivity contribution in [1.82, 2.24) is 9.55 Å². The Morgan fingerprint density at radius 1 is 0.826 bits per heavy atom. The second kappa shape index (κ2) is 15.2. The molecule has 0 aliphatic carbocycles. The van der Waals surface area contributed by atoms with Gasteiger partial charge in [0, 0.05) is 13.3 Å². The average molecular weight is 640 g/mol. The monoisotopic (exact) mass is 639 g/mol. The summed E-state index contributed by atoms with van der Waals surface area (Å²) in [5.74, 6) is 1.10. The van der Waals surface area contributed by atoms with Crippen LogP contribution in [0.5, 0.6) is 5.75 Å². The van der Waals surface area contributed by atoms with Crippen molar-refractivity contribution in [3.05, 3.63) is 160 Å². The number of ether oxygens (including phenoxy) is 3. The van der Waals surface area contributed by atoms with E-state index in [0.29, 0.717) is 5.82 Å². The molecule has 1 unspecified atom stereocenters. The van der Waals surface area contributed by atoms with Gasteiger partial charge in [0.15, 0.2) is 0 Å². The third-order valence-electron chi connectivity index (χ3n) is 7.66. The Labute approximate surface area is 268 Å². The average Bonchev–Trinajstić information content (AvgIpc) is 3.08. The topological polar surface area (TPSA) is 112 Å². The summed E-state index contributed by atoms with van der Waals surface area (Å²) in [5.41, 5.74) is 2.18. The van der Waals surface area contributed by atoms with Crippen LogP contribution in [0.15, 0.2) is 132 Å². The maximum atomic E-state index is 13.4. The zero-order valence-electron chi connectivity index (χ0n) is 25.9. The predicted molar refractivity (Wildman–Crippen MR) is 179 cm³/mol. The van der Waals surface area contributed by atoms with Crippen molar-refractivity contribution in [3.63, 3.8) is 0 Å². The highest BCUT2D eigenvalue weighted by molar-refractivity contribution is 7.56. The molecule has 2 N–H and O–H groups in total. The molecule has 2 atom stereocenters. The standard InChI is InChI=1S/C36H38N3O6P/c1-43-25-33(45-27-46(41,42)26-28-12-6-3-7-13-28)24-39-23-22-34(37-35(39)40)38-36(29-14-8-4-9-15-29,30-16-10-5-11-17-30)31-18-20-32(44-2)21-19-31/h3-23,33H,24-27H2,1-2H3,(H,41,42)(H,37,38,40)/t33-/m0/s1. The van der Waals surface area contributed by atoms with Crippen molar-refractivity contribution in [2.24, 2.45) is 0 Å². The second-order valence-corrected chi connectivity index (χ2v) is 13.2. The molecule has 1 heterocycles. The van der Waals surface area contributed by atoms with E-state index in [0.717, 1.165) is 28.0 Å². The van der Waals surface area contributed by atoms with Crippen molar-refractivity contribution < 1.29 is 23.7 Å². The normalized spacial score (nSPS) is 13.5. The first-order valence-electron chi connectivity index (χ1n) is 14.9. The quantitative estimate of drug-likeness (QED) is 0.104. The first kappa shape index (κ1) is 32.9. The van der Waals surface area contributed by atoms with Crippen molar-refractivity contribution in [2.45, 2.75) is 24.3 Å². The maximum absolute atomic E-state index is 13.4. The molecule has 0 saturated carbocycles. The highest BCUT2D eigenvalue weighted by Crippen LogP contribution is 2.44. The molecule has 0 amide bonds. The van der Waals surface area contributed by atoms with Crippen LogP contribution < -0.4 is 15.7 Å². The maximum Gasteiger partial charge on any atom is 0.349 e. The van der Waals surface area contributed by atoms with Gasteiger partial charge in [-0.1, -0.05) is 103 Å². The van der Waals surface area contributed by atoms with E-state index in [-0.39, 0.29) is 25.7 Å². The Kier molecular flexibility index (Phi) is 10.8. The molecule has 238 valence electrons. The lowest BCUT2D eigenvalue weighted by molar-refractivity contribution is 0.00563. The molecule has 0 aliphatic heterocycles. The fourth-order valence-electron chi connectivity index (χ4n) is 5.46. The van der Waals surface area contributed by atoms with E-state index < -0.39 is 24.7 Å². The molecule has 0 spiro atoms. The third kappa shape index (κ3) is 8.00. The van der Waals surface area contributed by atoms with E-state index in [1.165, 1.54) is 11.7 Å². The van der Waals surface area contributed by atoms with Crippen LogP contribution in [0.25, 0.3) is 0 Å². The zero-order valence-corrected chi connectivity index (χ0v) is 26.8. The minimum atomic E-state index is -3.63. The highest BCUT2D eigenvalue weighted by Gasteiger charge is 2.37. The van der Waals surface area contributed by atoms with Gasteiger partial charge in [-0.15, -0.1) is 0 Å². The third-order valence-corrected chi connectivity index (χ3v) is 9.08. The van der Waals surface area contributed by atoms with Gasteiger partial charge in [-0.2, -0.15) is 4.98 Å². The molecule has 10 heteroatoms. The van der Waals surface area contributed by atoms with Gasteiger partial charge in [0.25, 0.3) is 0 Å². The summed E-state index contributed by atoms with van der Waals surface area (Å²) in [7, 11) is -0.491. The highest BCUT2D eigenvalue weighted by atomic mass is 31.2. The fraction of sp³-hybridized carbons (Fsp3) is 0.222. The molecule has 5 rings (SSSR count). The number of nitrogens with zero attached hydrogens (tertiary/aromatic N) is 2. The molecular formula is C36H38N3O6P. The number of hydrogen-bond donors (Lipinski definition) is 2. The Bertz CT molecular complexity index is 1740. The molecule has 0 fully saturated rings. The van der Waals surface area contributed by atoms with E-state index in [9.17, 15) is 14.3 Å². The lowest BCUT2D eigenvalue weighted by atomic mass is 9.77. The van der Waals surface area contributed by atoms with Crippen molar-refractivity contribution >= 4 is 13.2 Å². The Morgan fingerprint density at radius 2 is 1.39 bits per heavy atom. The van der Waals surface area contributed by atoms with Gasteiger partial charge in [0.2, 0.25) is 7.37 Å². The van der Waals surface area contributed by atoms with E-state index >= 15 is 0 Å². The molecule has 5 aromatic rings.